The molecule has 4 heteroatoms. The first-order chi connectivity index (χ1) is 7.77. The molecule has 1 aromatic heterocycles. The topological polar surface area (TPSA) is 38.0 Å². The van der Waals surface area contributed by atoms with E-state index in [1.54, 1.807) is 23.5 Å². The molecule has 0 spiro atoms. The summed E-state index contributed by atoms with van der Waals surface area (Å²) in [5.74, 6) is -0.172. The van der Waals surface area contributed by atoms with Crippen molar-refractivity contribution >= 4 is 17.0 Å². The Morgan fingerprint density at radius 3 is 2.69 bits per heavy atom. The van der Waals surface area contributed by atoms with Crippen molar-refractivity contribution in [2.75, 3.05) is 5.73 Å². The lowest BCUT2D eigenvalue weighted by Gasteiger charge is -2.05. The van der Waals surface area contributed by atoms with Gasteiger partial charge in [-0.1, -0.05) is 18.2 Å². The fourth-order valence-corrected chi connectivity index (χ4v) is 2.22. The molecule has 0 unspecified atom stereocenters. The van der Waals surface area contributed by atoms with Crippen molar-refractivity contribution in [3.63, 3.8) is 0 Å². The smallest absolute Gasteiger partial charge is 0.127 e. The Balaban J connectivity index is 1.89. The van der Waals surface area contributed by atoms with E-state index >= 15 is 0 Å². The fraction of sp³-hybridized carbons (Fsp3) is 0.167. The van der Waals surface area contributed by atoms with E-state index in [-0.39, 0.29) is 5.82 Å². The van der Waals surface area contributed by atoms with Crippen LogP contribution >= 0.6 is 11.3 Å². The van der Waals surface area contributed by atoms with Crippen LogP contribution in [-0.4, -0.2) is 0 Å². The van der Waals surface area contributed by atoms with E-state index in [1.807, 2.05) is 17.5 Å². The van der Waals surface area contributed by atoms with Crippen molar-refractivity contribution < 1.29 is 4.39 Å². The lowest BCUT2D eigenvalue weighted by atomic mass is 10.2. The van der Waals surface area contributed by atoms with Gasteiger partial charge in [-0.15, -0.1) is 11.3 Å². The SMILES string of the molecule is Nc1ccsc1CNCc1ccccc1F. The summed E-state index contributed by atoms with van der Waals surface area (Å²) in [4.78, 5) is 1.09. The number of anilines is 1. The first-order valence-electron chi connectivity index (χ1n) is 5.03. The normalized spacial score (nSPS) is 10.6. The van der Waals surface area contributed by atoms with Crippen LogP contribution in [0.1, 0.15) is 10.4 Å². The molecule has 1 aromatic carbocycles. The molecule has 0 aliphatic carbocycles. The Labute approximate surface area is 97.9 Å². The number of nitrogens with one attached hydrogen (secondary N) is 1. The first-order valence-corrected chi connectivity index (χ1v) is 5.91. The minimum absolute atomic E-state index is 0.172. The number of hydrogen-bond donors (Lipinski definition) is 2. The molecule has 0 aliphatic heterocycles. The number of thiophene rings is 1. The van der Waals surface area contributed by atoms with Gasteiger partial charge < -0.3 is 11.1 Å². The van der Waals surface area contributed by atoms with Gasteiger partial charge in [0, 0.05) is 29.2 Å². The van der Waals surface area contributed by atoms with Crippen LogP contribution in [0.25, 0.3) is 0 Å². The van der Waals surface area contributed by atoms with E-state index < -0.39 is 0 Å². The summed E-state index contributed by atoms with van der Waals surface area (Å²) in [5, 5.41) is 5.13. The molecular formula is C12H13FN2S. The summed E-state index contributed by atoms with van der Waals surface area (Å²) in [6.45, 7) is 1.20. The molecule has 0 saturated heterocycles. The van der Waals surface area contributed by atoms with Crippen LogP contribution in [0.15, 0.2) is 35.7 Å². The number of hydrogen-bond acceptors (Lipinski definition) is 3. The highest BCUT2D eigenvalue weighted by molar-refractivity contribution is 7.10. The standard InChI is InChI=1S/C12H13FN2S/c13-10-4-2-1-3-9(10)7-15-8-12-11(14)5-6-16-12/h1-6,15H,7-8,14H2. The Bertz CT molecular complexity index is 468. The monoisotopic (exact) mass is 236 g/mol. The van der Waals surface area contributed by atoms with Crippen molar-refractivity contribution in [3.8, 4) is 0 Å². The number of nitrogen functional groups attached to an aromatic ring is 1. The molecule has 0 fully saturated rings. The fourth-order valence-electron chi connectivity index (χ4n) is 1.45. The number of rotatable bonds is 4. The second-order valence-corrected chi connectivity index (χ2v) is 4.49. The summed E-state index contributed by atoms with van der Waals surface area (Å²) in [5.41, 5.74) is 7.22. The highest BCUT2D eigenvalue weighted by Gasteiger charge is 2.02. The third kappa shape index (κ3) is 2.59. The molecule has 0 aliphatic rings. The Hall–Kier alpha value is -1.39. The van der Waals surface area contributed by atoms with Crippen LogP contribution in [-0.2, 0) is 13.1 Å². The van der Waals surface area contributed by atoms with E-state index in [1.165, 1.54) is 6.07 Å². The van der Waals surface area contributed by atoms with Crippen molar-refractivity contribution in [1.29, 1.82) is 0 Å². The van der Waals surface area contributed by atoms with Gasteiger partial charge in [0.15, 0.2) is 0 Å². The largest absolute Gasteiger partial charge is 0.398 e. The van der Waals surface area contributed by atoms with Crippen LogP contribution in [0.2, 0.25) is 0 Å². The third-order valence-corrected chi connectivity index (χ3v) is 3.28. The van der Waals surface area contributed by atoms with Crippen molar-refractivity contribution in [3.05, 3.63) is 52.0 Å². The number of benzene rings is 1. The van der Waals surface area contributed by atoms with Gasteiger partial charge in [0.2, 0.25) is 0 Å². The molecule has 0 radical (unpaired) electrons. The van der Waals surface area contributed by atoms with Gasteiger partial charge in [0.25, 0.3) is 0 Å². The van der Waals surface area contributed by atoms with Crippen molar-refractivity contribution in [2.24, 2.45) is 0 Å². The van der Waals surface area contributed by atoms with Gasteiger partial charge in [-0.25, -0.2) is 4.39 Å². The molecule has 2 aromatic rings. The molecular weight excluding hydrogens is 223 g/mol. The van der Waals surface area contributed by atoms with E-state index in [0.717, 1.165) is 10.6 Å². The lowest BCUT2D eigenvalue weighted by molar-refractivity contribution is 0.589. The van der Waals surface area contributed by atoms with Gasteiger partial charge >= 0.3 is 0 Å². The molecule has 16 heavy (non-hydrogen) atoms. The summed E-state index contributed by atoms with van der Waals surface area (Å²) in [6.07, 6.45) is 0. The van der Waals surface area contributed by atoms with Gasteiger partial charge in [0.1, 0.15) is 5.82 Å². The Kier molecular flexibility index (Phi) is 3.54. The average molecular weight is 236 g/mol. The van der Waals surface area contributed by atoms with Gasteiger partial charge in [-0.05, 0) is 17.5 Å². The van der Waals surface area contributed by atoms with Crippen LogP contribution in [0.3, 0.4) is 0 Å². The Morgan fingerprint density at radius 2 is 2.00 bits per heavy atom. The molecule has 0 saturated carbocycles. The maximum absolute atomic E-state index is 13.3. The third-order valence-electron chi connectivity index (χ3n) is 2.34. The molecule has 0 amide bonds. The lowest BCUT2D eigenvalue weighted by Crippen LogP contribution is -2.13. The van der Waals surface area contributed by atoms with Crippen LogP contribution in [0, 0.1) is 5.82 Å². The predicted octanol–water partition coefficient (Wildman–Crippen LogP) is 2.76. The highest BCUT2D eigenvalue weighted by Crippen LogP contribution is 2.18. The highest BCUT2D eigenvalue weighted by atomic mass is 32.1. The second-order valence-electron chi connectivity index (χ2n) is 3.49. The molecule has 2 nitrogen and oxygen atoms in total. The average Bonchev–Trinajstić information content (AvgIpc) is 2.67. The van der Waals surface area contributed by atoms with E-state index in [9.17, 15) is 4.39 Å². The maximum atomic E-state index is 13.3. The zero-order chi connectivity index (χ0) is 11.4. The molecule has 2 rings (SSSR count). The zero-order valence-electron chi connectivity index (χ0n) is 8.74. The van der Waals surface area contributed by atoms with Crippen LogP contribution < -0.4 is 11.1 Å². The van der Waals surface area contributed by atoms with Crippen molar-refractivity contribution in [1.82, 2.24) is 5.32 Å². The predicted molar refractivity (Wildman–Crippen MR) is 65.7 cm³/mol. The summed E-state index contributed by atoms with van der Waals surface area (Å²) >= 11 is 1.61. The quantitative estimate of drug-likeness (QED) is 0.856. The maximum Gasteiger partial charge on any atom is 0.127 e. The molecule has 1 heterocycles. The summed E-state index contributed by atoms with van der Waals surface area (Å²) in [7, 11) is 0. The molecule has 84 valence electrons. The molecule has 0 atom stereocenters. The van der Waals surface area contributed by atoms with E-state index in [0.29, 0.717) is 18.7 Å². The zero-order valence-corrected chi connectivity index (χ0v) is 9.56. The molecule has 0 bridgehead atoms. The summed E-state index contributed by atoms with van der Waals surface area (Å²) in [6, 6.07) is 8.65. The van der Waals surface area contributed by atoms with Crippen molar-refractivity contribution in [2.45, 2.75) is 13.1 Å². The molecule has 3 N–H and O–H groups in total. The van der Waals surface area contributed by atoms with E-state index in [4.69, 9.17) is 5.73 Å². The number of halogens is 1. The minimum Gasteiger partial charge on any atom is -0.398 e. The number of nitrogens with two attached hydrogens (primary N) is 1. The minimum atomic E-state index is -0.172. The second kappa shape index (κ2) is 5.09. The van der Waals surface area contributed by atoms with Crippen LogP contribution in [0.5, 0.6) is 0 Å². The van der Waals surface area contributed by atoms with Gasteiger partial charge in [-0.3, -0.25) is 0 Å². The first kappa shape index (κ1) is 11.1. The van der Waals surface area contributed by atoms with E-state index in [2.05, 4.69) is 5.32 Å². The van der Waals surface area contributed by atoms with Gasteiger partial charge in [0.05, 0.1) is 0 Å². The van der Waals surface area contributed by atoms with Gasteiger partial charge in [-0.2, -0.15) is 0 Å². The Morgan fingerprint density at radius 1 is 1.19 bits per heavy atom. The summed E-state index contributed by atoms with van der Waals surface area (Å²) < 4.78 is 13.3. The van der Waals surface area contributed by atoms with Crippen LogP contribution in [0.4, 0.5) is 10.1 Å².